The molecule has 0 unspecified atom stereocenters. The van der Waals surface area contributed by atoms with E-state index in [-0.39, 0.29) is 129 Å². The van der Waals surface area contributed by atoms with Gasteiger partial charge >= 0.3 is 24.2 Å². The molecule has 28 nitrogen and oxygen atoms in total. The van der Waals surface area contributed by atoms with Crippen LogP contribution < -0.4 is 52.6 Å². The van der Waals surface area contributed by atoms with Gasteiger partial charge in [-0.05, 0) is 100 Å². The van der Waals surface area contributed by atoms with Gasteiger partial charge in [0.2, 0.25) is 11.8 Å². The summed E-state index contributed by atoms with van der Waals surface area (Å²) in [4.78, 5) is 119. The van der Waals surface area contributed by atoms with Gasteiger partial charge in [-0.15, -0.1) is 5.06 Å². The Hall–Kier alpha value is -7.67. The Labute approximate surface area is 520 Å². The summed E-state index contributed by atoms with van der Waals surface area (Å²) in [6.45, 7) is 11.5. The number of urea groups is 1. The van der Waals surface area contributed by atoms with Crippen LogP contribution in [0.1, 0.15) is 85.6 Å². The zero-order chi connectivity index (χ0) is 64.9. The summed E-state index contributed by atoms with van der Waals surface area (Å²) < 4.78 is 38.6. The van der Waals surface area contributed by atoms with Gasteiger partial charge in [-0.1, -0.05) is 56.2 Å². The Kier molecular flexibility index (Phi) is 27.2. The number of methoxy groups -OCH3 is 2. The van der Waals surface area contributed by atoms with Crippen molar-refractivity contribution in [3.8, 4) is 5.75 Å². The molecule has 5 rings (SSSR count). The van der Waals surface area contributed by atoms with Crippen LogP contribution in [0.2, 0.25) is 5.02 Å². The number of likely N-dealkylation sites (N-methyl/N-ethyl adjacent to an activating group) is 1. The van der Waals surface area contributed by atoms with Gasteiger partial charge in [-0.2, -0.15) is 0 Å². The van der Waals surface area contributed by atoms with E-state index in [0.717, 1.165) is 11.1 Å². The average Bonchev–Trinajstić information content (AvgIpc) is 1.95. The van der Waals surface area contributed by atoms with Crippen LogP contribution in [0.25, 0.3) is 0 Å². The van der Waals surface area contributed by atoms with Crippen LogP contribution in [0.15, 0.2) is 60.2 Å². The number of halogens is 1. The van der Waals surface area contributed by atoms with Gasteiger partial charge in [0.15, 0.2) is 17.4 Å². The Morgan fingerprint density at radius 3 is 2.19 bits per heavy atom. The summed E-state index contributed by atoms with van der Waals surface area (Å²) in [5.41, 5.74) is 5.52. The van der Waals surface area contributed by atoms with E-state index in [1.54, 1.807) is 38.1 Å². The Morgan fingerprint density at radius 1 is 0.932 bits per heavy atom. The minimum Gasteiger partial charge on any atom is -0.495 e. The van der Waals surface area contributed by atoms with Crippen LogP contribution in [-0.2, 0) is 68.4 Å². The zero-order valence-corrected chi connectivity index (χ0v) is 52.4. The van der Waals surface area contributed by atoms with E-state index in [4.69, 9.17) is 67.5 Å². The van der Waals surface area contributed by atoms with Crippen LogP contribution in [0, 0.1) is 11.8 Å². The zero-order valence-electron chi connectivity index (χ0n) is 50.8. The number of hydrogen-bond donors (Lipinski definition) is 9. The quantitative estimate of drug-likeness (QED) is 0.0160. The van der Waals surface area contributed by atoms with Gasteiger partial charge in [0.05, 0.1) is 57.4 Å². The largest absolute Gasteiger partial charge is 0.495 e. The number of anilines is 3. The van der Waals surface area contributed by atoms with E-state index >= 15 is 0 Å². The highest BCUT2D eigenvalue weighted by Crippen LogP contribution is 2.44. The minimum atomic E-state index is -1.76. The predicted molar refractivity (Wildman–Crippen MR) is 324 cm³/mol. The van der Waals surface area contributed by atoms with Gasteiger partial charge in [0.25, 0.3) is 17.7 Å². The second-order valence-corrected chi connectivity index (χ2v) is 22.7. The number of aliphatic hydroxyl groups is 1. The van der Waals surface area contributed by atoms with Gasteiger partial charge in [-0.3, -0.25) is 34.6 Å². The number of carbonyl (C=O) groups excluding carboxylic acids is 9. The molecule has 10 N–H and O–H groups in total. The van der Waals surface area contributed by atoms with Crippen molar-refractivity contribution in [3.63, 3.8) is 0 Å². The lowest BCUT2D eigenvalue weighted by Gasteiger charge is -2.42. The van der Waals surface area contributed by atoms with E-state index in [9.17, 15) is 48.3 Å². The summed E-state index contributed by atoms with van der Waals surface area (Å²) in [6, 6.07) is 6.63. The highest BCUT2D eigenvalue weighted by Gasteiger charge is 2.56. The summed E-state index contributed by atoms with van der Waals surface area (Å²) >= 11 is 12.1. The Balaban J connectivity index is 1.07. The molecule has 9 amide bonds. The molecule has 2 aromatic carbocycles. The maximum absolute atomic E-state index is 13.7. The molecule has 2 aromatic rings. The Bertz CT molecular complexity index is 2880. The third-order valence-electron chi connectivity index (χ3n) is 14.2. The van der Waals surface area contributed by atoms with Crippen molar-refractivity contribution >= 4 is 99.7 Å². The van der Waals surface area contributed by atoms with Crippen LogP contribution in [-0.4, -0.2) is 178 Å². The number of hydrogen-bond acceptors (Lipinski definition) is 19. The number of thiocarbonyl (C=S) groups is 1. The fraction of sp³-hybridized carbons (Fsp3) is 0.552. The number of nitrogens with one attached hydrogen (secondary N) is 7. The van der Waals surface area contributed by atoms with Crippen LogP contribution >= 0.6 is 23.8 Å². The topological polar surface area (TPSA) is 368 Å². The molecule has 0 aromatic heterocycles. The van der Waals surface area contributed by atoms with E-state index in [2.05, 4.69) is 37.2 Å². The van der Waals surface area contributed by atoms with E-state index < -0.39 is 90.3 Å². The third-order valence-corrected chi connectivity index (χ3v) is 14.9. The summed E-state index contributed by atoms with van der Waals surface area (Å²) in [5, 5.41) is 31.3. The number of cyclic esters (lactones) is 1. The first-order valence-corrected chi connectivity index (χ1v) is 29.3. The summed E-state index contributed by atoms with van der Waals surface area (Å²) in [7, 11) is 4.33. The van der Waals surface area contributed by atoms with Crippen molar-refractivity contribution < 1.29 is 86.3 Å². The first kappa shape index (κ1) is 71.1. The van der Waals surface area contributed by atoms with Crippen LogP contribution in [0.3, 0.4) is 0 Å². The molecule has 3 aliphatic heterocycles. The first-order valence-electron chi connectivity index (χ1n) is 28.5. The molecule has 0 bridgehead atoms. The molecule has 484 valence electrons. The molecule has 0 spiro atoms. The lowest BCUT2D eigenvalue weighted by atomic mass is 9.86. The molecule has 0 saturated carbocycles. The second-order valence-electron chi connectivity index (χ2n) is 21.9. The maximum Gasteiger partial charge on any atom is 0.412 e. The molecule has 0 aliphatic carbocycles. The number of epoxide rings is 1. The smallest absolute Gasteiger partial charge is 0.412 e. The van der Waals surface area contributed by atoms with Gasteiger partial charge in [0, 0.05) is 63.8 Å². The van der Waals surface area contributed by atoms with Gasteiger partial charge < -0.3 is 80.3 Å². The maximum atomic E-state index is 13.7. The average molecular weight is 1270 g/mol. The molecular weight excluding hydrogens is 1190 g/mol. The number of imide groups is 1. The van der Waals surface area contributed by atoms with Crippen molar-refractivity contribution in [1.29, 1.82) is 0 Å². The molecule has 30 heteroatoms. The molecule has 88 heavy (non-hydrogen) atoms. The van der Waals surface area contributed by atoms with Crippen molar-refractivity contribution in [1.82, 2.24) is 31.6 Å². The standard InChI is InChI=1S/C58H81ClN10O18S/c1-33(2)49(66-54(88)62-23-25-83-27-26-82-24-21-47(73)87-69-44(70)19-20-45(69)71)52(75)65-39(13-11-22-61-53(60)76)51(74)63-37-15-17-38(18-16-37)64-55(77)84-32-46(72)68(7)40-29-36(30-41(80-8)48(40)59)28-34(3)12-10-14-43(81-9)58(79)31-42(85-56(78)67-58)35(4)50-57(5,6)86-50/h10,12,14-18,29-30,33,35,39,42-43,49-50,79H,11,13,19-28,31-32H2,1-9H3,(H,63,74)(H,64,77)(H,65,75)(H,67,78)(H3,60,61,76)(H2,62,66,88)/b14-10+,34-12+/t35-,39+,42+,43-,49+,50+,58+/m1/s1. The summed E-state index contributed by atoms with van der Waals surface area (Å²) in [5.74, 6) is -3.87. The number of rotatable bonds is 33. The second kappa shape index (κ2) is 33.6. The number of hydroxylamine groups is 2. The normalized spacial score (nSPS) is 19.3. The van der Waals surface area contributed by atoms with Crippen molar-refractivity contribution in [2.75, 3.05) is 82.9 Å². The number of primary amides is 1. The van der Waals surface area contributed by atoms with E-state index in [1.807, 2.05) is 33.8 Å². The number of nitrogens with two attached hydrogens (primary N) is 1. The minimum absolute atomic E-state index is 0.00538. The number of benzene rings is 2. The number of amides is 9. The number of carbonyl (C=O) groups is 9. The van der Waals surface area contributed by atoms with Gasteiger partial charge in [0.1, 0.15) is 35.1 Å². The van der Waals surface area contributed by atoms with Crippen molar-refractivity contribution in [2.45, 2.75) is 128 Å². The predicted octanol–water partition coefficient (Wildman–Crippen LogP) is 4.01. The number of ether oxygens (including phenoxy) is 7. The van der Waals surface area contributed by atoms with Crippen LogP contribution in [0.4, 0.5) is 31.4 Å². The summed E-state index contributed by atoms with van der Waals surface area (Å²) in [6.07, 6.45) is 2.37. The lowest BCUT2D eigenvalue weighted by Crippen LogP contribution is -2.63. The molecule has 3 heterocycles. The Morgan fingerprint density at radius 2 is 1.58 bits per heavy atom. The number of alkyl carbamates (subject to hydrolysis) is 1. The molecule has 3 saturated heterocycles. The first-order chi connectivity index (χ1) is 41.6. The van der Waals surface area contributed by atoms with E-state index in [0.29, 0.717) is 17.2 Å². The van der Waals surface area contributed by atoms with E-state index in [1.165, 1.54) is 50.4 Å². The molecule has 3 fully saturated rings. The fourth-order valence-corrected chi connectivity index (χ4v) is 9.94. The number of allylic oxidation sites excluding steroid dienone is 3. The monoisotopic (exact) mass is 1270 g/mol. The fourth-order valence-electron chi connectivity index (χ4n) is 9.39. The lowest BCUT2D eigenvalue weighted by molar-refractivity contribution is -0.198. The molecule has 7 atom stereocenters. The SMILES string of the molecule is COc1cc(C/C(C)=C/C=C/[C@@H](OC)[C@@]2(O)C[C@@H]([C@@H](C)[C@@H]3OC3(C)C)OC(=O)N2)cc(N(C)C(=O)COC(=O)Nc2ccc(NC(=O)[C@H](CCCNC(N)=O)NC(=O)[C@@H](NC(=S)NCCOCCOCCC(=O)ON3C(=O)CCC3=O)C(C)C)cc2)c1Cl. The van der Waals surface area contributed by atoms with Crippen LogP contribution in [0.5, 0.6) is 5.75 Å². The third kappa shape index (κ3) is 21.9. The molecule has 0 radical (unpaired) electrons. The highest BCUT2D eigenvalue weighted by molar-refractivity contribution is 7.80. The highest BCUT2D eigenvalue weighted by atomic mass is 35.5. The van der Waals surface area contributed by atoms with Gasteiger partial charge in [-0.25, -0.2) is 19.2 Å². The number of nitrogens with zero attached hydrogens (tertiary/aromatic N) is 2. The van der Waals surface area contributed by atoms with Crippen molar-refractivity contribution in [3.05, 3.63) is 70.8 Å². The molecular formula is C58H81ClN10O18S. The molecule has 3 aliphatic rings. The van der Waals surface area contributed by atoms with Crippen molar-refractivity contribution in [2.24, 2.45) is 17.6 Å².